The van der Waals surface area contributed by atoms with Gasteiger partial charge in [-0.15, -0.1) is 0 Å². The van der Waals surface area contributed by atoms with Gasteiger partial charge in [-0.3, -0.25) is 4.79 Å². The molecule has 5 heteroatoms. The molecule has 1 saturated carbocycles. The average Bonchev–Trinajstić information content (AvgIpc) is 3.13. The van der Waals surface area contributed by atoms with Gasteiger partial charge in [0, 0.05) is 30.9 Å². The first-order valence-electron chi connectivity index (χ1n) is 9.08. The summed E-state index contributed by atoms with van der Waals surface area (Å²) >= 11 is 0. The van der Waals surface area contributed by atoms with E-state index in [2.05, 4.69) is 21.3 Å². The molecule has 2 aromatic rings. The Labute approximate surface area is 148 Å². The van der Waals surface area contributed by atoms with E-state index in [1.165, 1.54) is 19.3 Å². The van der Waals surface area contributed by atoms with Crippen LogP contribution in [-0.4, -0.2) is 30.1 Å². The second-order valence-corrected chi connectivity index (χ2v) is 6.72. The van der Waals surface area contributed by atoms with Crippen LogP contribution in [0.2, 0.25) is 0 Å². The summed E-state index contributed by atoms with van der Waals surface area (Å²) < 4.78 is 5.80. The van der Waals surface area contributed by atoms with Gasteiger partial charge in [0.25, 0.3) is 5.91 Å². The van der Waals surface area contributed by atoms with Crippen molar-refractivity contribution in [3.63, 3.8) is 0 Å². The number of hydrogen-bond donors (Lipinski definition) is 1. The number of nitrogens with zero attached hydrogens (tertiary/aromatic N) is 2. The van der Waals surface area contributed by atoms with Crippen LogP contribution in [0.4, 0.5) is 11.4 Å². The first-order chi connectivity index (χ1) is 12.3. The number of carbonyl (C=O) groups excluding carboxylic acids is 1. The monoisotopic (exact) mass is 337 g/mol. The quantitative estimate of drug-likeness (QED) is 0.900. The molecule has 1 aromatic heterocycles. The van der Waals surface area contributed by atoms with Crippen molar-refractivity contribution in [1.29, 1.82) is 0 Å². The van der Waals surface area contributed by atoms with Gasteiger partial charge in [0.15, 0.2) is 0 Å². The second-order valence-electron chi connectivity index (χ2n) is 6.72. The van der Waals surface area contributed by atoms with E-state index in [0.717, 1.165) is 37.3 Å². The van der Waals surface area contributed by atoms with E-state index in [0.29, 0.717) is 11.4 Å². The van der Waals surface area contributed by atoms with Crippen LogP contribution in [0.25, 0.3) is 0 Å². The summed E-state index contributed by atoms with van der Waals surface area (Å²) in [6, 6.07) is 11.4. The molecule has 1 aliphatic heterocycles. The molecular weight excluding hydrogens is 314 g/mol. The van der Waals surface area contributed by atoms with Gasteiger partial charge in [0.2, 0.25) is 5.88 Å². The van der Waals surface area contributed by atoms with E-state index in [4.69, 9.17) is 4.74 Å². The van der Waals surface area contributed by atoms with Crippen molar-refractivity contribution >= 4 is 17.3 Å². The van der Waals surface area contributed by atoms with Gasteiger partial charge in [0.1, 0.15) is 6.10 Å². The lowest BCUT2D eigenvalue weighted by Gasteiger charge is -2.25. The Bertz CT molecular complexity index is 752. The van der Waals surface area contributed by atoms with E-state index < -0.39 is 0 Å². The minimum Gasteiger partial charge on any atom is -0.474 e. The molecule has 2 aliphatic rings. The van der Waals surface area contributed by atoms with Crippen molar-refractivity contribution in [3.8, 4) is 5.88 Å². The Morgan fingerprint density at radius 2 is 1.92 bits per heavy atom. The molecule has 1 saturated heterocycles. The topological polar surface area (TPSA) is 54.5 Å². The van der Waals surface area contributed by atoms with E-state index in [-0.39, 0.29) is 12.0 Å². The fourth-order valence-corrected chi connectivity index (χ4v) is 3.28. The normalized spacial score (nSPS) is 17.2. The molecular formula is C20H23N3O2. The molecule has 1 amide bonds. The van der Waals surface area contributed by atoms with E-state index >= 15 is 0 Å². The number of nitrogens with one attached hydrogen (secondary N) is 1. The molecule has 1 aliphatic carbocycles. The van der Waals surface area contributed by atoms with Crippen molar-refractivity contribution < 1.29 is 9.53 Å². The lowest BCUT2D eigenvalue weighted by Crippen LogP contribution is -2.25. The molecule has 4 rings (SSSR count). The fourth-order valence-electron chi connectivity index (χ4n) is 3.28. The minimum atomic E-state index is -0.132. The number of aromatic nitrogens is 1. The first kappa shape index (κ1) is 15.9. The second kappa shape index (κ2) is 7.13. The van der Waals surface area contributed by atoms with Crippen LogP contribution in [0.3, 0.4) is 0 Å². The maximum absolute atomic E-state index is 12.7. The summed E-state index contributed by atoms with van der Waals surface area (Å²) in [5.41, 5.74) is 2.52. The zero-order valence-electron chi connectivity index (χ0n) is 14.3. The highest BCUT2D eigenvalue weighted by atomic mass is 16.5. The molecule has 2 fully saturated rings. The largest absolute Gasteiger partial charge is 0.474 e. The van der Waals surface area contributed by atoms with Crippen LogP contribution < -0.4 is 15.0 Å². The molecule has 0 unspecified atom stereocenters. The highest BCUT2D eigenvalue weighted by Crippen LogP contribution is 2.29. The first-order valence-corrected chi connectivity index (χ1v) is 9.08. The smallest absolute Gasteiger partial charge is 0.255 e. The van der Waals surface area contributed by atoms with Gasteiger partial charge in [-0.05, 0) is 50.3 Å². The summed E-state index contributed by atoms with van der Waals surface area (Å²) in [6.07, 6.45) is 7.64. The molecule has 0 radical (unpaired) electrons. The maximum atomic E-state index is 12.7. The molecule has 0 bridgehead atoms. The van der Waals surface area contributed by atoms with Crippen LogP contribution in [0.1, 0.15) is 42.5 Å². The van der Waals surface area contributed by atoms with Crippen LogP contribution in [-0.2, 0) is 0 Å². The lowest BCUT2D eigenvalue weighted by molar-refractivity contribution is 0.101. The van der Waals surface area contributed by atoms with Gasteiger partial charge in [-0.25, -0.2) is 4.98 Å². The Morgan fingerprint density at radius 3 is 2.68 bits per heavy atom. The van der Waals surface area contributed by atoms with E-state index in [1.54, 1.807) is 18.3 Å². The van der Waals surface area contributed by atoms with Crippen molar-refractivity contribution in [1.82, 2.24) is 4.98 Å². The number of hydrogen-bond acceptors (Lipinski definition) is 4. The van der Waals surface area contributed by atoms with Crippen LogP contribution >= 0.6 is 0 Å². The van der Waals surface area contributed by atoms with Gasteiger partial charge in [-0.2, -0.15) is 0 Å². The summed E-state index contributed by atoms with van der Waals surface area (Å²) in [4.78, 5) is 19.2. The Balaban J connectivity index is 1.49. The standard InChI is InChI=1S/C20H23N3O2/c24-20(15-10-11-21-19(14-15)25-16-6-5-7-16)22-17-8-1-2-9-18(17)23-12-3-4-13-23/h1-2,8-11,14,16H,3-7,12-13H2,(H,22,24). The van der Waals surface area contributed by atoms with Gasteiger partial charge in [0.05, 0.1) is 11.4 Å². The Morgan fingerprint density at radius 1 is 1.12 bits per heavy atom. The number of pyridine rings is 1. The number of carbonyl (C=O) groups is 1. The highest BCUT2D eigenvalue weighted by molar-refractivity contribution is 6.06. The number of amides is 1. The molecule has 25 heavy (non-hydrogen) atoms. The zero-order chi connectivity index (χ0) is 17.1. The number of rotatable bonds is 5. The third kappa shape index (κ3) is 3.60. The van der Waals surface area contributed by atoms with Crippen LogP contribution in [0.15, 0.2) is 42.6 Å². The van der Waals surface area contributed by atoms with Gasteiger partial charge in [-0.1, -0.05) is 12.1 Å². The van der Waals surface area contributed by atoms with E-state index in [1.807, 2.05) is 18.2 Å². The average molecular weight is 337 g/mol. The predicted octanol–water partition coefficient (Wildman–Crippen LogP) is 3.87. The molecule has 2 heterocycles. The highest BCUT2D eigenvalue weighted by Gasteiger charge is 2.21. The number of anilines is 2. The van der Waals surface area contributed by atoms with Crippen molar-refractivity contribution in [2.45, 2.75) is 38.2 Å². The number of ether oxygens (including phenoxy) is 1. The zero-order valence-corrected chi connectivity index (χ0v) is 14.3. The summed E-state index contributed by atoms with van der Waals surface area (Å²) in [7, 11) is 0. The van der Waals surface area contributed by atoms with Gasteiger partial charge < -0.3 is 15.0 Å². The van der Waals surface area contributed by atoms with Crippen LogP contribution in [0.5, 0.6) is 5.88 Å². The summed E-state index contributed by atoms with van der Waals surface area (Å²) in [6.45, 7) is 2.09. The number of benzene rings is 1. The molecule has 0 atom stereocenters. The summed E-state index contributed by atoms with van der Waals surface area (Å²) in [5, 5.41) is 3.05. The van der Waals surface area contributed by atoms with Crippen molar-refractivity contribution in [2.75, 3.05) is 23.3 Å². The molecule has 5 nitrogen and oxygen atoms in total. The van der Waals surface area contributed by atoms with E-state index in [9.17, 15) is 4.79 Å². The Kier molecular flexibility index (Phi) is 4.55. The maximum Gasteiger partial charge on any atom is 0.255 e. The van der Waals surface area contributed by atoms with Crippen molar-refractivity contribution in [2.24, 2.45) is 0 Å². The molecule has 130 valence electrons. The van der Waals surface area contributed by atoms with Crippen molar-refractivity contribution in [3.05, 3.63) is 48.2 Å². The third-order valence-corrected chi connectivity index (χ3v) is 4.94. The minimum absolute atomic E-state index is 0.132. The molecule has 1 N–H and O–H groups in total. The predicted molar refractivity (Wildman–Crippen MR) is 98.3 cm³/mol. The van der Waals surface area contributed by atoms with Gasteiger partial charge >= 0.3 is 0 Å². The van der Waals surface area contributed by atoms with Crippen LogP contribution in [0, 0.1) is 0 Å². The molecule has 1 aromatic carbocycles. The fraction of sp³-hybridized carbons (Fsp3) is 0.400. The third-order valence-electron chi connectivity index (χ3n) is 4.94. The lowest BCUT2D eigenvalue weighted by atomic mass is 9.96. The SMILES string of the molecule is O=C(Nc1ccccc1N1CCCC1)c1ccnc(OC2CCC2)c1. The molecule has 0 spiro atoms. The summed E-state index contributed by atoms with van der Waals surface area (Å²) in [5.74, 6) is 0.401. The Hall–Kier alpha value is -2.56. The number of para-hydroxylation sites is 2.